The number of benzene rings is 1. The number of hydrogen-bond acceptors (Lipinski definition) is 8. The topological polar surface area (TPSA) is 139 Å². The molecule has 1 aromatic heterocycles. The lowest BCUT2D eigenvalue weighted by atomic mass is 9.85. The molecule has 0 spiro atoms. The van der Waals surface area contributed by atoms with E-state index >= 15 is 0 Å². The van der Waals surface area contributed by atoms with E-state index in [-0.39, 0.29) is 24.6 Å². The average Bonchev–Trinajstić information content (AvgIpc) is 3.50. The zero-order chi connectivity index (χ0) is 34.2. The second-order valence-corrected chi connectivity index (χ2v) is 14.6. The van der Waals surface area contributed by atoms with Crippen molar-refractivity contribution in [3.8, 4) is 11.6 Å². The molecule has 1 saturated carbocycles. The monoisotopic (exact) mass is 658 g/mol. The number of aromatic nitrogens is 1. The molecule has 2 heterocycles. The molecule has 2 fully saturated rings. The summed E-state index contributed by atoms with van der Waals surface area (Å²) in [5, 5.41) is 17.2. The van der Waals surface area contributed by atoms with Crippen LogP contribution in [0.5, 0.6) is 11.6 Å². The molecule has 0 bridgehead atoms. The Bertz CT molecular complexity index is 1500. The van der Waals surface area contributed by atoms with Gasteiger partial charge in [0.2, 0.25) is 17.7 Å². The Kier molecular flexibility index (Phi) is 10.1. The Morgan fingerprint density at radius 3 is 2.46 bits per heavy atom. The minimum atomic E-state index is -1.02. The maximum Gasteiger partial charge on any atom is 0.408 e. The molecule has 11 nitrogen and oxygen atoms in total. The zero-order valence-electron chi connectivity index (χ0n) is 28.0. The summed E-state index contributed by atoms with van der Waals surface area (Å²) >= 11 is 6.47. The van der Waals surface area contributed by atoms with Crippen LogP contribution >= 0.6 is 11.6 Å². The molecule has 2 aromatic rings. The van der Waals surface area contributed by atoms with Crippen LogP contribution in [0.4, 0.5) is 4.79 Å². The van der Waals surface area contributed by atoms with Crippen LogP contribution in [0.1, 0.15) is 74.7 Å². The molecule has 5 atom stereocenters. The number of carbonyl (C=O) groups excluding carboxylic acids is 3. The molecule has 1 aromatic carbocycles. The summed E-state index contributed by atoms with van der Waals surface area (Å²) < 4.78 is 17.6. The van der Waals surface area contributed by atoms with Gasteiger partial charge >= 0.3 is 6.09 Å². The van der Waals surface area contributed by atoms with Crippen LogP contribution in [-0.2, 0) is 14.3 Å². The molecular formula is C34H47ClN4O7. The number of hydrogen-bond donors (Lipinski definition) is 3. The van der Waals surface area contributed by atoms with E-state index in [2.05, 4.69) is 22.2 Å². The number of aliphatic hydroxyl groups is 1. The first kappa shape index (κ1) is 35.1. The van der Waals surface area contributed by atoms with Crippen molar-refractivity contribution < 1.29 is 33.7 Å². The normalized spacial score (nSPS) is 23.4. The number of pyridine rings is 1. The van der Waals surface area contributed by atoms with Crippen molar-refractivity contribution in [2.24, 2.45) is 11.3 Å². The Hall–Kier alpha value is -3.73. The predicted octanol–water partition coefficient (Wildman–Crippen LogP) is 5.93. The number of carbonyl (C=O) groups is 3. The number of halogens is 1. The van der Waals surface area contributed by atoms with Crippen LogP contribution < -0.4 is 20.1 Å². The number of alkyl carbamates (subject to hydrolysis) is 1. The molecule has 0 radical (unpaired) electrons. The van der Waals surface area contributed by atoms with Crippen molar-refractivity contribution in [2.75, 3.05) is 13.2 Å². The van der Waals surface area contributed by atoms with Crippen molar-refractivity contribution in [3.05, 3.63) is 41.6 Å². The highest BCUT2D eigenvalue weighted by Crippen LogP contribution is 2.50. The van der Waals surface area contributed by atoms with Crippen molar-refractivity contribution in [3.63, 3.8) is 0 Å². The summed E-state index contributed by atoms with van der Waals surface area (Å²) in [4.78, 5) is 47.2. The van der Waals surface area contributed by atoms with Crippen molar-refractivity contribution in [2.45, 2.75) is 104 Å². The SMILES string of the molecule is C=C(O)[C@@]1(NC(=O)[C@@H]2C[C@@H](Oc3cc(OCC)nc4c(Cl)cccc34)CN2C(=O)[C@@H](NC(=O)OC(C)(C)C)C(C)(C)C)C[C@H]1CC. The third-order valence-electron chi connectivity index (χ3n) is 8.40. The molecule has 252 valence electrons. The van der Waals surface area contributed by atoms with Crippen LogP contribution in [0, 0.1) is 11.3 Å². The van der Waals surface area contributed by atoms with Gasteiger partial charge in [-0.25, -0.2) is 9.78 Å². The number of nitrogens with one attached hydrogen (secondary N) is 2. The Morgan fingerprint density at radius 2 is 1.89 bits per heavy atom. The molecular weight excluding hydrogens is 612 g/mol. The van der Waals surface area contributed by atoms with Crippen LogP contribution in [-0.4, -0.2) is 75.4 Å². The van der Waals surface area contributed by atoms with Gasteiger partial charge in [-0.1, -0.05) is 58.4 Å². The van der Waals surface area contributed by atoms with Gasteiger partial charge in [-0.05, 0) is 57.6 Å². The summed E-state index contributed by atoms with van der Waals surface area (Å²) in [7, 11) is 0. The first-order chi connectivity index (χ1) is 21.4. The molecule has 1 aliphatic carbocycles. The van der Waals surface area contributed by atoms with Gasteiger partial charge in [-0.2, -0.15) is 0 Å². The number of likely N-dealkylation sites (tertiary alicyclic amines) is 1. The number of rotatable bonds is 10. The minimum Gasteiger partial charge on any atom is -0.510 e. The quantitative estimate of drug-likeness (QED) is 0.267. The Morgan fingerprint density at radius 1 is 1.20 bits per heavy atom. The van der Waals surface area contributed by atoms with Gasteiger partial charge in [0.05, 0.1) is 29.2 Å². The van der Waals surface area contributed by atoms with Gasteiger partial charge in [0.15, 0.2) is 0 Å². The van der Waals surface area contributed by atoms with Gasteiger partial charge in [0, 0.05) is 17.9 Å². The summed E-state index contributed by atoms with van der Waals surface area (Å²) in [6, 6.07) is 5.04. The van der Waals surface area contributed by atoms with E-state index in [9.17, 15) is 19.5 Å². The van der Waals surface area contributed by atoms with Crippen molar-refractivity contribution in [1.82, 2.24) is 20.5 Å². The standard InChI is InChI=1S/C34H47ClN4O7/c1-10-20-17-34(20,19(3)40)38-29(41)24-15-21(45-25-16-26(44-11-2)36-27-22(25)13-12-14-23(27)35)18-39(24)30(42)28(32(4,5)6)37-31(43)46-33(7,8)9/h12-14,16,20-21,24,28,40H,3,10-11,15,17-18H2,1-2,4-9H3,(H,37,43)(H,38,41)/t20-,21-,24+,28-,34+/m1/s1. The molecule has 1 saturated heterocycles. The maximum atomic E-state index is 14.3. The summed E-state index contributed by atoms with van der Waals surface area (Å²) in [6.45, 7) is 18.7. The maximum absolute atomic E-state index is 14.3. The first-order valence-corrected chi connectivity index (χ1v) is 16.2. The zero-order valence-corrected chi connectivity index (χ0v) is 28.8. The van der Waals surface area contributed by atoms with Crippen LogP contribution in [0.15, 0.2) is 36.6 Å². The van der Waals surface area contributed by atoms with E-state index in [4.69, 9.17) is 25.8 Å². The third-order valence-corrected chi connectivity index (χ3v) is 8.70. The van der Waals surface area contributed by atoms with Crippen LogP contribution in [0.3, 0.4) is 0 Å². The number of para-hydroxylation sites is 1. The highest BCUT2D eigenvalue weighted by Gasteiger charge is 2.58. The third kappa shape index (κ3) is 7.62. The number of aliphatic hydroxyl groups excluding tert-OH is 1. The van der Waals surface area contributed by atoms with Gasteiger partial charge in [-0.15, -0.1) is 0 Å². The first-order valence-electron chi connectivity index (χ1n) is 15.8. The average molecular weight is 659 g/mol. The second kappa shape index (κ2) is 13.2. The summed E-state index contributed by atoms with van der Waals surface area (Å²) in [5.41, 5.74) is -1.95. The lowest BCUT2D eigenvalue weighted by Crippen LogP contribution is -2.59. The van der Waals surface area contributed by atoms with Crippen molar-refractivity contribution in [1.29, 1.82) is 0 Å². The lowest BCUT2D eigenvalue weighted by Gasteiger charge is -2.36. The second-order valence-electron chi connectivity index (χ2n) is 14.2. The number of fused-ring (bicyclic) bond motifs is 1. The predicted molar refractivity (Wildman–Crippen MR) is 176 cm³/mol. The fourth-order valence-electron chi connectivity index (χ4n) is 5.98. The van der Waals surface area contributed by atoms with Crippen molar-refractivity contribution >= 4 is 40.4 Å². The minimum absolute atomic E-state index is 0.0348. The summed E-state index contributed by atoms with van der Waals surface area (Å²) in [6.07, 6.45) is 0.0944. The highest BCUT2D eigenvalue weighted by molar-refractivity contribution is 6.35. The molecule has 0 unspecified atom stereocenters. The number of nitrogens with zero attached hydrogens (tertiary/aromatic N) is 2. The number of ether oxygens (including phenoxy) is 3. The van der Waals surface area contributed by atoms with Crippen LogP contribution in [0.2, 0.25) is 5.02 Å². The molecule has 46 heavy (non-hydrogen) atoms. The molecule has 12 heteroatoms. The molecule has 3 amide bonds. The Balaban J connectivity index is 1.69. The van der Waals surface area contributed by atoms with Gasteiger partial charge in [0.1, 0.15) is 35.3 Å². The van der Waals surface area contributed by atoms with Gasteiger partial charge in [-0.3, -0.25) is 9.59 Å². The van der Waals surface area contributed by atoms with E-state index in [0.29, 0.717) is 40.6 Å². The molecule has 4 rings (SSSR count). The smallest absolute Gasteiger partial charge is 0.408 e. The fourth-order valence-corrected chi connectivity index (χ4v) is 6.20. The van der Waals surface area contributed by atoms with E-state index in [0.717, 1.165) is 6.42 Å². The molecule has 1 aliphatic heterocycles. The van der Waals surface area contributed by atoms with Crippen LogP contribution in [0.25, 0.3) is 10.9 Å². The highest BCUT2D eigenvalue weighted by atomic mass is 35.5. The molecule has 3 N–H and O–H groups in total. The lowest BCUT2D eigenvalue weighted by molar-refractivity contribution is -0.142. The van der Waals surface area contributed by atoms with Gasteiger partial charge < -0.3 is 34.9 Å². The number of amides is 3. The Labute approximate surface area is 276 Å². The molecule has 2 aliphatic rings. The summed E-state index contributed by atoms with van der Waals surface area (Å²) in [5.74, 6) is -0.195. The fraction of sp³-hybridized carbons (Fsp3) is 0.588. The van der Waals surface area contributed by atoms with Gasteiger partial charge in [0.25, 0.3) is 0 Å². The van der Waals surface area contributed by atoms with E-state index in [1.807, 2.05) is 40.7 Å². The van der Waals surface area contributed by atoms with E-state index in [1.165, 1.54) is 4.90 Å². The van der Waals surface area contributed by atoms with E-state index in [1.54, 1.807) is 39.0 Å². The van der Waals surface area contributed by atoms with E-state index < -0.39 is 52.7 Å². The largest absolute Gasteiger partial charge is 0.510 e.